The highest BCUT2D eigenvalue weighted by Gasteiger charge is 2.42. The van der Waals surface area contributed by atoms with Crippen LogP contribution in [0.25, 0.3) is 0 Å². The van der Waals surface area contributed by atoms with Gasteiger partial charge in [0.2, 0.25) is 0 Å². The maximum Gasteiger partial charge on any atom is 0.329 e. The van der Waals surface area contributed by atoms with Gasteiger partial charge in [0.1, 0.15) is 6.04 Å². The van der Waals surface area contributed by atoms with E-state index in [4.69, 9.17) is 4.74 Å². The lowest BCUT2D eigenvalue weighted by Gasteiger charge is -2.23. The van der Waals surface area contributed by atoms with Gasteiger partial charge in [0.25, 0.3) is 11.8 Å². The maximum absolute atomic E-state index is 12.3. The van der Waals surface area contributed by atoms with Gasteiger partial charge in [-0.15, -0.1) is 0 Å². The zero-order chi connectivity index (χ0) is 14.7. The Balaban J connectivity index is 2.34. The Bertz CT molecular complexity index is 523. The summed E-state index contributed by atoms with van der Waals surface area (Å²) in [5.74, 6) is -1.43. The first-order valence-corrected chi connectivity index (χ1v) is 7.43. The summed E-state index contributed by atoms with van der Waals surface area (Å²) in [4.78, 5) is 37.6. The van der Waals surface area contributed by atoms with E-state index in [1.807, 2.05) is 0 Å². The van der Waals surface area contributed by atoms with Gasteiger partial charge >= 0.3 is 5.97 Å². The number of ether oxygens (including phenoxy) is 1. The van der Waals surface area contributed by atoms with E-state index in [1.165, 1.54) is 0 Å². The summed E-state index contributed by atoms with van der Waals surface area (Å²) < 4.78 is 4.96. The van der Waals surface area contributed by atoms with Crippen LogP contribution < -0.4 is 0 Å². The van der Waals surface area contributed by atoms with E-state index in [0.29, 0.717) is 22.9 Å². The van der Waals surface area contributed by atoms with Crippen LogP contribution in [-0.2, 0) is 9.53 Å². The molecular formula is C14H14BrNO4. The molecule has 1 unspecified atom stereocenters. The van der Waals surface area contributed by atoms with Gasteiger partial charge in [-0.1, -0.05) is 28.1 Å². The van der Waals surface area contributed by atoms with Crippen LogP contribution in [0.5, 0.6) is 0 Å². The molecule has 6 heteroatoms. The number of amides is 2. The molecule has 20 heavy (non-hydrogen) atoms. The van der Waals surface area contributed by atoms with Crippen LogP contribution >= 0.6 is 15.9 Å². The number of hydrogen-bond donors (Lipinski definition) is 0. The van der Waals surface area contributed by atoms with Gasteiger partial charge in [-0.2, -0.15) is 0 Å². The minimum absolute atomic E-state index is 0.209. The van der Waals surface area contributed by atoms with E-state index in [1.54, 1.807) is 31.2 Å². The number of imide groups is 1. The van der Waals surface area contributed by atoms with Gasteiger partial charge in [0.05, 0.1) is 17.7 Å². The van der Waals surface area contributed by atoms with Crippen LogP contribution in [-0.4, -0.2) is 40.7 Å². The van der Waals surface area contributed by atoms with E-state index in [9.17, 15) is 14.4 Å². The Morgan fingerprint density at radius 3 is 2.25 bits per heavy atom. The van der Waals surface area contributed by atoms with Crippen molar-refractivity contribution in [1.29, 1.82) is 0 Å². The Hall–Kier alpha value is -1.69. The molecule has 1 aromatic carbocycles. The number of carbonyl (C=O) groups excluding carboxylic acids is 3. The van der Waals surface area contributed by atoms with Crippen molar-refractivity contribution in [3.8, 4) is 0 Å². The van der Waals surface area contributed by atoms with E-state index < -0.39 is 23.8 Å². The molecule has 2 amide bonds. The smallest absolute Gasteiger partial charge is 0.329 e. The fourth-order valence-corrected chi connectivity index (χ4v) is 2.62. The largest absolute Gasteiger partial charge is 0.464 e. The van der Waals surface area contributed by atoms with Crippen LogP contribution in [0.15, 0.2) is 24.3 Å². The molecule has 5 nitrogen and oxygen atoms in total. The van der Waals surface area contributed by atoms with Gasteiger partial charge < -0.3 is 4.74 Å². The van der Waals surface area contributed by atoms with Gasteiger partial charge in [-0.3, -0.25) is 14.5 Å². The lowest BCUT2D eigenvalue weighted by atomic mass is 10.1. The zero-order valence-corrected chi connectivity index (χ0v) is 12.6. The second-order valence-electron chi connectivity index (χ2n) is 4.27. The highest BCUT2D eigenvalue weighted by Crippen LogP contribution is 2.26. The first-order chi connectivity index (χ1) is 9.61. The van der Waals surface area contributed by atoms with Crippen LogP contribution in [0.2, 0.25) is 0 Å². The number of hydrogen-bond acceptors (Lipinski definition) is 4. The molecule has 0 aromatic heterocycles. The lowest BCUT2D eigenvalue weighted by molar-refractivity contribution is -0.147. The summed E-state index contributed by atoms with van der Waals surface area (Å²) in [7, 11) is 0. The summed E-state index contributed by atoms with van der Waals surface area (Å²) in [6.45, 7) is 1.90. The van der Waals surface area contributed by atoms with E-state index in [0.717, 1.165) is 4.90 Å². The molecule has 0 saturated carbocycles. The van der Waals surface area contributed by atoms with Crippen molar-refractivity contribution >= 4 is 33.7 Å². The molecule has 1 aromatic rings. The SMILES string of the molecule is CCOC(=O)C(CCBr)N1C(=O)c2ccccc2C1=O. The van der Waals surface area contributed by atoms with Crippen molar-refractivity contribution in [3.63, 3.8) is 0 Å². The predicted molar refractivity (Wildman–Crippen MR) is 75.8 cm³/mol. The number of halogens is 1. The summed E-state index contributed by atoms with van der Waals surface area (Å²) in [5, 5.41) is 0.490. The molecular weight excluding hydrogens is 326 g/mol. The van der Waals surface area contributed by atoms with E-state index in [-0.39, 0.29) is 6.61 Å². The predicted octanol–water partition coefficient (Wildman–Crippen LogP) is 2.00. The summed E-state index contributed by atoms with van der Waals surface area (Å²) >= 11 is 3.23. The van der Waals surface area contributed by atoms with Crippen molar-refractivity contribution in [3.05, 3.63) is 35.4 Å². The fraction of sp³-hybridized carbons (Fsp3) is 0.357. The molecule has 0 bridgehead atoms. The molecule has 2 rings (SSSR count). The molecule has 0 radical (unpaired) electrons. The quantitative estimate of drug-likeness (QED) is 0.467. The first-order valence-electron chi connectivity index (χ1n) is 6.31. The average Bonchev–Trinajstić information content (AvgIpc) is 2.70. The maximum atomic E-state index is 12.3. The number of benzene rings is 1. The highest BCUT2D eigenvalue weighted by atomic mass is 79.9. The number of esters is 1. The van der Waals surface area contributed by atoms with E-state index >= 15 is 0 Å². The lowest BCUT2D eigenvalue weighted by Crippen LogP contribution is -2.46. The fourth-order valence-electron chi connectivity index (χ4n) is 2.19. The number of alkyl halides is 1. The van der Waals surface area contributed by atoms with Crippen molar-refractivity contribution in [2.75, 3.05) is 11.9 Å². The Kier molecular flexibility index (Phi) is 4.54. The summed E-state index contributed by atoms with van der Waals surface area (Å²) in [6, 6.07) is 5.67. The molecule has 1 aliphatic rings. The normalized spacial score (nSPS) is 15.2. The Labute approximate surface area is 125 Å². The topological polar surface area (TPSA) is 63.7 Å². The number of fused-ring (bicyclic) bond motifs is 1. The van der Waals surface area contributed by atoms with Crippen LogP contribution in [0, 0.1) is 0 Å². The molecule has 1 heterocycles. The number of rotatable bonds is 5. The summed E-state index contributed by atoms with van der Waals surface area (Å²) in [6.07, 6.45) is 0.324. The Morgan fingerprint density at radius 2 is 1.80 bits per heavy atom. The van der Waals surface area contributed by atoms with Crippen molar-refractivity contribution in [1.82, 2.24) is 4.90 Å². The molecule has 106 valence electrons. The van der Waals surface area contributed by atoms with Crippen LogP contribution in [0.1, 0.15) is 34.1 Å². The van der Waals surface area contributed by atoms with E-state index in [2.05, 4.69) is 15.9 Å². The highest BCUT2D eigenvalue weighted by molar-refractivity contribution is 9.09. The van der Waals surface area contributed by atoms with Crippen molar-refractivity contribution in [2.24, 2.45) is 0 Å². The number of carbonyl (C=O) groups is 3. The van der Waals surface area contributed by atoms with Gasteiger partial charge in [-0.25, -0.2) is 4.79 Å². The third-order valence-electron chi connectivity index (χ3n) is 3.08. The third kappa shape index (κ3) is 2.47. The molecule has 0 fully saturated rings. The van der Waals surface area contributed by atoms with Crippen LogP contribution in [0.3, 0.4) is 0 Å². The minimum atomic E-state index is -0.887. The van der Waals surface area contributed by atoms with Crippen LogP contribution in [0.4, 0.5) is 0 Å². The van der Waals surface area contributed by atoms with Gasteiger partial charge in [0.15, 0.2) is 0 Å². The van der Waals surface area contributed by atoms with Gasteiger partial charge in [0, 0.05) is 5.33 Å². The minimum Gasteiger partial charge on any atom is -0.464 e. The standard InChI is InChI=1S/C14H14BrNO4/c1-2-20-14(19)11(7-8-15)16-12(17)9-5-3-4-6-10(9)13(16)18/h3-6,11H,2,7-8H2,1H3. The molecule has 1 aliphatic heterocycles. The number of nitrogens with zero attached hydrogens (tertiary/aromatic N) is 1. The zero-order valence-electron chi connectivity index (χ0n) is 11.0. The molecule has 0 aliphatic carbocycles. The van der Waals surface area contributed by atoms with Crippen molar-refractivity contribution in [2.45, 2.75) is 19.4 Å². The summed E-state index contributed by atoms with van der Waals surface area (Å²) in [5.41, 5.74) is 0.669. The first kappa shape index (κ1) is 14.7. The molecule has 0 saturated heterocycles. The molecule has 0 N–H and O–H groups in total. The average molecular weight is 340 g/mol. The second-order valence-corrected chi connectivity index (χ2v) is 5.06. The monoisotopic (exact) mass is 339 g/mol. The Morgan fingerprint density at radius 1 is 1.25 bits per heavy atom. The molecule has 0 spiro atoms. The van der Waals surface area contributed by atoms with Crippen molar-refractivity contribution < 1.29 is 19.1 Å². The third-order valence-corrected chi connectivity index (χ3v) is 3.54. The van der Waals surface area contributed by atoms with Gasteiger partial charge in [-0.05, 0) is 25.5 Å². The molecule has 1 atom stereocenters. The second kappa shape index (κ2) is 6.17.